The van der Waals surface area contributed by atoms with Crippen LogP contribution in [0.4, 0.5) is 0 Å². The number of nitroso groups, excluding NO2 is 1. The molecule has 1 aromatic rings. The zero-order valence-electron chi connectivity index (χ0n) is 7.47. The first-order valence-electron chi connectivity index (χ1n) is 4.25. The molecule has 1 aliphatic rings. The van der Waals surface area contributed by atoms with Crippen molar-refractivity contribution in [2.75, 3.05) is 13.3 Å². The van der Waals surface area contributed by atoms with Crippen molar-refractivity contribution >= 4 is 6.08 Å². The van der Waals surface area contributed by atoms with Crippen molar-refractivity contribution in [1.82, 2.24) is 0 Å². The topological polar surface area (TPSA) is 47.9 Å². The summed E-state index contributed by atoms with van der Waals surface area (Å²) in [7, 11) is 0. The van der Waals surface area contributed by atoms with Crippen molar-refractivity contribution in [3.63, 3.8) is 0 Å². The highest BCUT2D eigenvalue weighted by Gasteiger charge is 2.11. The number of benzene rings is 1. The summed E-state index contributed by atoms with van der Waals surface area (Å²) in [5, 5.41) is 2.73. The van der Waals surface area contributed by atoms with E-state index < -0.39 is 0 Å². The van der Waals surface area contributed by atoms with E-state index in [4.69, 9.17) is 9.47 Å². The lowest BCUT2D eigenvalue weighted by Crippen LogP contribution is -1.92. The van der Waals surface area contributed by atoms with Gasteiger partial charge in [-0.05, 0) is 17.7 Å². The molecule has 14 heavy (non-hydrogen) atoms. The lowest BCUT2D eigenvalue weighted by molar-refractivity contribution is 0.174. The number of nitrogens with zero attached hydrogens (tertiary/aromatic N) is 1. The van der Waals surface area contributed by atoms with Crippen molar-refractivity contribution in [1.29, 1.82) is 0 Å². The molecule has 0 atom stereocenters. The molecule has 0 spiro atoms. The molecular weight excluding hydrogens is 182 g/mol. The molecule has 0 radical (unpaired) electrons. The van der Waals surface area contributed by atoms with Crippen LogP contribution in [0.25, 0.3) is 6.08 Å². The minimum atomic E-state index is 0.189. The summed E-state index contributed by atoms with van der Waals surface area (Å²) in [4.78, 5) is 9.84. The van der Waals surface area contributed by atoms with Gasteiger partial charge in [-0.15, -0.1) is 0 Å². The fourth-order valence-corrected chi connectivity index (χ4v) is 1.25. The van der Waals surface area contributed by atoms with Crippen LogP contribution in [-0.2, 0) is 0 Å². The van der Waals surface area contributed by atoms with Crippen LogP contribution in [0, 0.1) is 4.91 Å². The summed E-state index contributed by atoms with van der Waals surface area (Å²) in [5.74, 6) is 1.50. The van der Waals surface area contributed by atoms with Gasteiger partial charge in [-0.3, -0.25) is 0 Å². The van der Waals surface area contributed by atoms with Crippen LogP contribution in [0.1, 0.15) is 5.56 Å². The van der Waals surface area contributed by atoms with E-state index in [2.05, 4.69) is 5.18 Å². The molecule has 0 unspecified atom stereocenters. The van der Waals surface area contributed by atoms with E-state index in [1.807, 2.05) is 24.3 Å². The second-order valence-corrected chi connectivity index (χ2v) is 2.83. The monoisotopic (exact) mass is 191 g/mol. The van der Waals surface area contributed by atoms with Crippen LogP contribution in [-0.4, -0.2) is 13.3 Å². The molecule has 0 saturated heterocycles. The molecule has 0 amide bonds. The van der Waals surface area contributed by atoms with Crippen LogP contribution in [0.5, 0.6) is 11.5 Å². The van der Waals surface area contributed by atoms with E-state index in [1.165, 1.54) is 0 Å². The molecule has 0 N–H and O–H groups in total. The van der Waals surface area contributed by atoms with Gasteiger partial charge in [0.1, 0.15) is 0 Å². The number of hydrogen-bond donors (Lipinski definition) is 0. The number of ether oxygens (including phenoxy) is 2. The Morgan fingerprint density at radius 2 is 2.21 bits per heavy atom. The average molecular weight is 191 g/mol. The normalized spacial score (nSPS) is 13.4. The summed E-state index contributed by atoms with van der Waals surface area (Å²) < 4.78 is 10.4. The molecule has 1 heterocycles. The molecule has 0 saturated carbocycles. The number of hydrogen-bond acceptors (Lipinski definition) is 4. The van der Waals surface area contributed by atoms with E-state index in [1.54, 1.807) is 6.08 Å². The van der Waals surface area contributed by atoms with Gasteiger partial charge in [-0.25, -0.2) is 0 Å². The smallest absolute Gasteiger partial charge is 0.231 e. The third kappa shape index (κ3) is 1.74. The predicted octanol–water partition coefficient (Wildman–Crippen LogP) is 2.19. The molecule has 4 nitrogen and oxygen atoms in total. The SMILES string of the molecule is O=NC/C=C/c1ccc2c(c1)OCO2. The van der Waals surface area contributed by atoms with Crippen LogP contribution in [0.15, 0.2) is 29.5 Å². The summed E-state index contributed by atoms with van der Waals surface area (Å²) in [6.07, 6.45) is 3.52. The van der Waals surface area contributed by atoms with Gasteiger partial charge < -0.3 is 9.47 Å². The second-order valence-electron chi connectivity index (χ2n) is 2.83. The van der Waals surface area contributed by atoms with Gasteiger partial charge >= 0.3 is 0 Å². The van der Waals surface area contributed by atoms with E-state index >= 15 is 0 Å². The third-order valence-electron chi connectivity index (χ3n) is 1.89. The zero-order valence-corrected chi connectivity index (χ0v) is 7.47. The lowest BCUT2D eigenvalue weighted by Gasteiger charge is -1.96. The van der Waals surface area contributed by atoms with Crippen LogP contribution < -0.4 is 9.47 Å². The molecule has 2 rings (SSSR count). The minimum absolute atomic E-state index is 0.189. The molecule has 0 aromatic heterocycles. The van der Waals surface area contributed by atoms with E-state index in [0.29, 0.717) is 0 Å². The Kier molecular flexibility index (Phi) is 2.44. The Hall–Kier alpha value is -1.84. The van der Waals surface area contributed by atoms with Gasteiger partial charge in [0.25, 0.3) is 0 Å². The first-order chi connectivity index (χ1) is 6.90. The van der Waals surface area contributed by atoms with Crippen molar-refractivity contribution in [3.8, 4) is 11.5 Å². The molecule has 1 aliphatic heterocycles. The van der Waals surface area contributed by atoms with Crippen molar-refractivity contribution in [2.45, 2.75) is 0 Å². The highest BCUT2D eigenvalue weighted by atomic mass is 16.7. The average Bonchev–Trinajstić information content (AvgIpc) is 2.65. The molecule has 1 aromatic carbocycles. The van der Waals surface area contributed by atoms with E-state index in [9.17, 15) is 4.91 Å². The first-order valence-corrected chi connectivity index (χ1v) is 4.25. The summed E-state index contributed by atoms with van der Waals surface area (Å²) in [5.41, 5.74) is 0.970. The first kappa shape index (κ1) is 8.74. The molecule has 72 valence electrons. The summed E-state index contributed by atoms with van der Waals surface area (Å²) in [6.45, 7) is 0.465. The lowest BCUT2D eigenvalue weighted by atomic mass is 10.2. The Bertz CT molecular complexity index is 374. The van der Waals surface area contributed by atoms with Gasteiger partial charge in [0.2, 0.25) is 6.79 Å². The highest BCUT2D eigenvalue weighted by Crippen LogP contribution is 2.32. The van der Waals surface area contributed by atoms with Crippen LogP contribution >= 0.6 is 0 Å². The zero-order chi connectivity index (χ0) is 9.80. The Morgan fingerprint density at radius 3 is 3.07 bits per heavy atom. The predicted molar refractivity (Wildman–Crippen MR) is 52.3 cm³/mol. The summed E-state index contributed by atoms with van der Waals surface area (Å²) >= 11 is 0. The van der Waals surface area contributed by atoms with Gasteiger partial charge in [-0.2, -0.15) is 4.91 Å². The van der Waals surface area contributed by atoms with Crippen LogP contribution in [0.2, 0.25) is 0 Å². The Morgan fingerprint density at radius 1 is 1.36 bits per heavy atom. The van der Waals surface area contributed by atoms with Gasteiger partial charge in [0, 0.05) is 0 Å². The maximum absolute atomic E-state index is 9.84. The van der Waals surface area contributed by atoms with Crippen molar-refractivity contribution in [3.05, 3.63) is 34.7 Å². The molecule has 0 aliphatic carbocycles. The quantitative estimate of drug-likeness (QED) is 0.688. The highest BCUT2D eigenvalue weighted by molar-refractivity contribution is 5.56. The fourth-order valence-electron chi connectivity index (χ4n) is 1.25. The standard InChI is InChI=1S/C10H9NO3/c12-11-5-1-2-8-3-4-9-10(6-8)14-7-13-9/h1-4,6H,5,7H2/b2-1+. The maximum atomic E-state index is 9.84. The molecule has 0 bridgehead atoms. The molecule has 0 fully saturated rings. The van der Waals surface area contributed by atoms with Gasteiger partial charge in [0.05, 0.1) is 6.54 Å². The van der Waals surface area contributed by atoms with Gasteiger partial charge in [-0.1, -0.05) is 23.4 Å². The minimum Gasteiger partial charge on any atom is -0.454 e. The summed E-state index contributed by atoms with van der Waals surface area (Å²) in [6, 6.07) is 5.61. The number of fused-ring (bicyclic) bond motifs is 1. The number of rotatable bonds is 3. The maximum Gasteiger partial charge on any atom is 0.231 e. The largest absolute Gasteiger partial charge is 0.454 e. The van der Waals surface area contributed by atoms with Gasteiger partial charge in [0.15, 0.2) is 11.5 Å². The van der Waals surface area contributed by atoms with Crippen LogP contribution in [0.3, 0.4) is 0 Å². The van der Waals surface area contributed by atoms with E-state index in [-0.39, 0.29) is 13.3 Å². The van der Waals surface area contributed by atoms with Crippen molar-refractivity contribution < 1.29 is 9.47 Å². The third-order valence-corrected chi connectivity index (χ3v) is 1.89. The molecular formula is C10H9NO3. The fraction of sp³-hybridized carbons (Fsp3) is 0.200. The van der Waals surface area contributed by atoms with Crippen molar-refractivity contribution in [2.24, 2.45) is 5.18 Å². The Labute approximate surface area is 81.1 Å². The Balaban J connectivity index is 2.16. The molecule has 4 heteroatoms. The van der Waals surface area contributed by atoms with E-state index in [0.717, 1.165) is 17.1 Å². The second kappa shape index (κ2) is 3.91.